The van der Waals surface area contributed by atoms with Crippen molar-refractivity contribution in [1.82, 2.24) is 4.98 Å². The normalized spacial score (nSPS) is 12.4. The molecule has 0 amide bonds. The Balaban J connectivity index is 1.63. The van der Waals surface area contributed by atoms with Crippen molar-refractivity contribution in [3.05, 3.63) is 101 Å². The number of nitrogens with zero attached hydrogens (tertiary/aromatic N) is 2. The number of fused-ring (bicyclic) bond motifs is 2. The quantitative estimate of drug-likeness (QED) is 0.292. The minimum atomic E-state index is 0.102. The van der Waals surface area contributed by atoms with Gasteiger partial charge in [0, 0.05) is 22.4 Å². The molecular weight excluding hydrogens is 418 g/mol. The molecule has 0 bridgehead atoms. The number of pyridine rings is 1. The molecule has 4 heteroatoms. The summed E-state index contributed by atoms with van der Waals surface area (Å²) in [6, 6.07) is 26.9. The third-order valence-electron chi connectivity index (χ3n) is 6.11. The Labute approximate surface area is 200 Å². The molecule has 3 aromatic carbocycles. The third-order valence-corrected chi connectivity index (χ3v) is 6.11. The highest BCUT2D eigenvalue weighted by atomic mass is 16.3. The fourth-order valence-electron chi connectivity index (χ4n) is 4.29. The Morgan fingerprint density at radius 3 is 2.38 bits per heavy atom. The number of aromatic nitrogens is 1. The highest BCUT2D eigenvalue weighted by Crippen LogP contribution is 2.28. The Hall–Kier alpha value is -3.92. The van der Waals surface area contributed by atoms with Gasteiger partial charge in [-0.25, -0.2) is 4.98 Å². The number of aryl methyl sites for hydroxylation is 2. The van der Waals surface area contributed by atoms with Gasteiger partial charge < -0.3 is 4.42 Å². The molecule has 0 saturated carbocycles. The number of para-hydroxylation sites is 1. The number of hydrogen-bond donors (Lipinski definition) is 1. The van der Waals surface area contributed by atoms with Crippen LogP contribution in [0.5, 0.6) is 0 Å². The fourth-order valence-corrected chi connectivity index (χ4v) is 4.29. The summed E-state index contributed by atoms with van der Waals surface area (Å²) in [5.41, 5.74) is 9.62. The predicted molar refractivity (Wildman–Crippen MR) is 141 cm³/mol. The van der Waals surface area contributed by atoms with Crippen LogP contribution in [0.25, 0.3) is 33.2 Å². The van der Waals surface area contributed by atoms with E-state index in [0.29, 0.717) is 5.82 Å². The summed E-state index contributed by atoms with van der Waals surface area (Å²) >= 11 is 0. The summed E-state index contributed by atoms with van der Waals surface area (Å²) in [6.45, 7) is 10.8. The molecule has 0 radical (unpaired) electrons. The number of rotatable bonds is 3. The highest BCUT2D eigenvalue weighted by Gasteiger charge is 2.14. The van der Waals surface area contributed by atoms with Gasteiger partial charge in [0.15, 0.2) is 0 Å². The minimum Gasteiger partial charge on any atom is -0.456 e. The summed E-state index contributed by atoms with van der Waals surface area (Å²) in [5, 5.41) is 7.69. The largest absolute Gasteiger partial charge is 0.456 e. The van der Waals surface area contributed by atoms with Crippen molar-refractivity contribution in [3.63, 3.8) is 0 Å². The SMILES string of the molecule is Cc1cc(C)c2c(=NNc3ccc4ccccc4n3)cc(-c3ccc(C(C)(C)C)cc3)oc2c1. The lowest BCUT2D eigenvalue weighted by Gasteiger charge is -2.19. The molecule has 0 aliphatic carbocycles. The zero-order valence-corrected chi connectivity index (χ0v) is 20.3. The van der Waals surface area contributed by atoms with Gasteiger partial charge in [-0.05, 0) is 60.2 Å². The summed E-state index contributed by atoms with van der Waals surface area (Å²) < 4.78 is 6.38. The summed E-state index contributed by atoms with van der Waals surface area (Å²) in [4.78, 5) is 4.69. The molecular formula is C30H29N3O. The van der Waals surface area contributed by atoms with Crippen LogP contribution in [-0.4, -0.2) is 4.98 Å². The molecule has 2 heterocycles. The number of benzene rings is 3. The third kappa shape index (κ3) is 4.32. The maximum Gasteiger partial charge on any atom is 0.146 e. The highest BCUT2D eigenvalue weighted by molar-refractivity contribution is 5.83. The van der Waals surface area contributed by atoms with E-state index in [0.717, 1.165) is 49.7 Å². The second-order valence-electron chi connectivity index (χ2n) is 9.89. The Morgan fingerprint density at radius 1 is 0.853 bits per heavy atom. The Bertz CT molecular complexity index is 1570. The topological polar surface area (TPSA) is 50.4 Å². The molecule has 5 rings (SSSR count). The molecule has 2 aromatic heterocycles. The standard InChI is InChI=1S/C30H29N3O/c1-19-16-20(2)29-25(32-33-28-15-12-21-8-6-7-9-24(21)31-28)18-26(34-27(29)17-19)22-10-13-23(14-11-22)30(3,4)5/h6-18H,1-5H3,(H,31,33). The van der Waals surface area contributed by atoms with E-state index in [1.165, 1.54) is 5.56 Å². The molecule has 0 saturated heterocycles. The van der Waals surface area contributed by atoms with E-state index in [2.05, 4.69) is 88.6 Å². The maximum atomic E-state index is 6.38. The van der Waals surface area contributed by atoms with Gasteiger partial charge in [-0.15, -0.1) is 0 Å². The van der Waals surface area contributed by atoms with Crippen molar-refractivity contribution >= 4 is 27.7 Å². The molecule has 5 aromatic rings. The second-order valence-corrected chi connectivity index (χ2v) is 9.89. The molecule has 0 fully saturated rings. The minimum absolute atomic E-state index is 0.102. The van der Waals surface area contributed by atoms with E-state index in [1.807, 2.05) is 30.3 Å². The van der Waals surface area contributed by atoms with Gasteiger partial charge in [-0.3, -0.25) is 5.43 Å². The second kappa shape index (κ2) is 8.45. The van der Waals surface area contributed by atoms with E-state index in [4.69, 9.17) is 14.5 Å². The Morgan fingerprint density at radius 2 is 1.62 bits per heavy atom. The molecule has 0 aliphatic rings. The first-order valence-corrected chi connectivity index (χ1v) is 11.6. The zero-order valence-electron chi connectivity index (χ0n) is 20.3. The fraction of sp³-hybridized carbons (Fsp3) is 0.200. The first-order chi connectivity index (χ1) is 16.3. The van der Waals surface area contributed by atoms with Crippen molar-refractivity contribution in [3.8, 4) is 11.3 Å². The van der Waals surface area contributed by atoms with E-state index >= 15 is 0 Å². The first-order valence-electron chi connectivity index (χ1n) is 11.6. The van der Waals surface area contributed by atoms with Gasteiger partial charge in [0.05, 0.1) is 10.9 Å². The lowest BCUT2D eigenvalue weighted by Crippen LogP contribution is -2.11. The van der Waals surface area contributed by atoms with Gasteiger partial charge in [-0.1, -0.05) is 69.3 Å². The van der Waals surface area contributed by atoms with Crippen LogP contribution >= 0.6 is 0 Å². The van der Waals surface area contributed by atoms with Crippen molar-refractivity contribution in [2.45, 2.75) is 40.0 Å². The maximum absolute atomic E-state index is 6.38. The van der Waals surface area contributed by atoms with E-state index in [1.54, 1.807) is 0 Å². The molecule has 4 nitrogen and oxygen atoms in total. The number of hydrogen-bond acceptors (Lipinski definition) is 4. The van der Waals surface area contributed by atoms with Crippen molar-refractivity contribution in [1.29, 1.82) is 0 Å². The van der Waals surface area contributed by atoms with Crippen LogP contribution < -0.4 is 10.8 Å². The Kier molecular flexibility index (Phi) is 5.45. The molecule has 0 unspecified atom stereocenters. The van der Waals surface area contributed by atoms with E-state index in [-0.39, 0.29) is 5.41 Å². The summed E-state index contributed by atoms with van der Waals surface area (Å²) in [7, 11) is 0. The smallest absolute Gasteiger partial charge is 0.146 e. The van der Waals surface area contributed by atoms with Crippen LogP contribution in [-0.2, 0) is 5.41 Å². The predicted octanol–water partition coefficient (Wildman–Crippen LogP) is 7.49. The molecule has 0 spiro atoms. The van der Waals surface area contributed by atoms with Crippen molar-refractivity contribution in [2.24, 2.45) is 5.10 Å². The monoisotopic (exact) mass is 447 g/mol. The van der Waals surface area contributed by atoms with Crippen molar-refractivity contribution in [2.75, 3.05) is 5.43 Å². The van der Waals surface area contributed by atoms with E-state index < -0.39 is 0 Å². The molecule has 0 atom stereocenters. The average Bonchev–Trinajstić information content (AvgIpc) is 2.81. The summed E-state index contributed by atoms with van der Waals surface area (Å²) in [5.74, 6) is 1.48. The van der Waals surface area contributed by atoms with Gasteiger partial charge in [0.1, 0.15) is 17.2 Å². The summed E-state index contributed by atoms with van der Waals surface area (Å²) in [6.07, 6.45) is 0. The van der Waals surface area contributed by atoms with Crippen LogP contribution in [0.1, 0.15) is 37.5 Å². The van der Waals surface area contributed by atoms with Crippen LogP contribution in [0.2, 0.25) is 0 Å². The van der Waals surface area contributed by atoms with Gasteiger partial charge in [0.2, 0.25) is 0 Å². The molecule has 170 valence electrons. The van der Waals surface area contributed by atoms with Crippen LogP contribution in [0.3, 0.4) is 0 Å². The molecule has 0 aliphatic heterocycles. The van der Waals surface area contributed by atoms with Crippen molar-refractivity contribution < 1.29 is 4.42 Å². The van der Waals surface area contributed by atoms with Crippen LogP contribution in [0.15, 0.2) is 88.4 Å². The van der Waals surface area contributed by atoms with Gasteiger partial charge in [0.25, 0.3) is 0 Å². The number of anilines is 1. The average molecular weight is 448 g/mol. The molecule has 34 heavy (non-hydrogen) atoms. The number of nitrogens with one attached hydrogen (secondary N) is 1. The first kappa shape index (κ1) is 21.9. The van der Waals surface area contributed by atoms with Crippen LogP contribution in [0, 0.1) is 13.8 Å². The zero-order chi connectivity index (χ0) is 23.9. The van der Waals surface area contributed by atoms with Gasteiger partial charge >= 0.3 is 0 Å². The van der Waals surface area contributed by atoms with Crippen LogP contribution in [0.4, 0.5) is 5.82 Å². The molecule has 1 N–H and O–H groups in total. The van der Waals surface area contributed by atoms with Gasteiger partial charge in [-0.2, -0.15) is 5.10 Å². The van der Waals surface area contributed by atoms with E-state index in [9.17, 15) is 0 Å². The lowest BCUT2D eigenvalue weighted by atomic mass is 9.86. The lowest BCUT2D eigenvalue weighted by molar-refractivity contribution is 0.589.